The van der Waals surface area contributed by atoms with E-state index >= 15 is 0 Å². The standard InChI is InChI=1S/C14H14FNOS/c1-10(12-4-2-3-5-13(12)15)16-14(17)8-11-6-7-18-9-11/h2-7,9-10H,8H2,1H3,(H,16,17)/t10-/m0/s1. The molecule has 0 fully saturated rings. The van der Waals surface area contributed by atoms with Crippen LogP contribution in [0.2, 0.25) is 0 Å². The maximum absolute atomic E-state index is 13.5. The van der Waals surface area contributed by atoms with Crippen LogP contribution in [0.4, 0.5) is 4.39 Å². The molecule has 0 spiro atoms. The Balaban J connectivity index is 1.97. The topological polar surface area (TPSA) is 29.1 Å². The smallest absolute Gasteiger partial charge is 0.224 e. The van der Waals surface area contributed by atoms with Crippen LogP contribution in [0, 0.1) is 5.82 Å². The number of hydrogen-bond acceptors (Lipinski definition) is 2. The third-order valence-corrected chi connectivity index (χ3v) is 3.43. The molecule has 1 atom stereocenters. The van der Waals surface area contributed by atoms with Crippen molar-refractivity contribution in [2.75, 3.05) is 0 Å². The van der Waals surface area contributed by atoms with Gasteiger partial charge in [-0.1, -0.05) is 18.2 Å². The molecule has 0 aliphatic carbocycles. The predicted octanol–water partition coefficient (Wildman–Crippen LogP) is 3.31. The molecule has 2 rings (SSSR count). The van der Waals surface area contributed by atoms with Gasteiger partial charge in [0.1, 0.15) is 5.82 Å². The van der Waals surface area contributed by atoms with Gasteiger partial charge in [0.2, 0.25) is 5.91 Å². The minimum Gasteiger partial charge on any atom is -0.349 e. The maximum atomic E-state index is 13.5. The van der Waals surface area contributed by atoms with Crippen LogP contribution in [0.15, 0.2) is 41.1 Å². The Morgan fingerprint density at radius 1 is 1.39 bits per heavy atom. The molecule has 0 saturated carbocycles. The summed E-state index contributed by atoms with van der Waals surface area (Å²) in [5.41, 5.74) is 1.49. The summed E-state index contributed by atoms with van der Waals surface area (Å²) in [6, 6.07) is 8.08. The van der Waals surface area contributed by atoms with Crippen LogP contribution in [0.25, 0.3) is 0 Å². The lowest BCUT2D eigenvalue weighted by atomic mass is 10.1. The van der Waals surface area contributed by atoms with Crippen LogP contribution in [-0.4, -0.2) is 5.91 Å². The Kier molecular flexibility index (Phi) is 4.10. The van der Waals surface area contributed by atoms with Crippen LogP contribution in [0.3, 0.4) is 0 Å². The van der Waals surface area contributed by atoms with Crippen molar-refractivity contribution in [1.29, 1.82) is 0 Å². The quantitative estimate of drug-likeness (QED) is 0.901. The van der Waals surface area contributed by atoms with Gasteiger partial charge in [-0.3, -0.25) is 4.79 Å². The summed E-state index contributed by atoms with van der Waals surface area (Å²) in [6.45, 7) is 1.78. The lowest BCUT2D eigenvalue weighted by Crippen LogP contribution is -2.28. The van der Waals surface area contributed by atoms with Crippen molar-refractivity contribution >= 4 is 17.2 Å². The van der Waals surface area contributed by atoms with Crippen molar-refractivity contribution in [1.82, 2.24) is 5.32 Å². The van der Waals surface area contributed by atoms with E-state index in [1.807, 2.05) is 16.8 Å². The minimum absolute atomic E-state index is 0.0934. The highest BCUT2D eigenvalue weighted by Crippen LogP contribution is 2.16. The molecule has 2 aromatic rings. The molecule has 0 radical (unpaired) electrons. The summed E-state index contributed by atoms with van der Waals surface area (Å²) in [7, 11) is 0. The molecule has 18 heavy (non-hydrogen) atoms. The highest BCUT2D eigenvalue weighted by Gasteiger charge is 2.13. The van der Waals surface area contributed by atoms with E-state index in [0.29, 0.717) is 12.0 Å². The molecule has 0 bridgehead atoms. The van der Waals surface area contributed by atoms with E-state index in [9.17, 15) is 9.18 Å². The van der Waals surface area contributed by atoms with E-state index in [2.05, 4.69) is 5.32 Å². The third-order valence-electron chi connectivity index (χ3n) is 2.69. The number of thiophene rings is 1. The van der Waals surface area contributed by atoms with Gasteiger partial charge in [-0.15, -0.1) is 0 Å². The number of amides is 1. The van der Waals surface area contributed by atoms with E-state index < -0.39 is 0 Å². The van der Waals surface area contributed by atoms with E-state index in [-0.39, 0.29) is 17.8 Å². The Morgan fingerprint density at radius 2 is 2.17 bits per heavy atom. The van der Waals surface area contributed by atoms with Crippen LogP contribution in [0.1, 0.15) is 24.1 Å². The first-order chi connectivity index (χ1) is 8.66. The molecule has 1 aromatic heterocycles. The fourth-order valence-corrected chi connectivity index (χ4v) is 2.44. The Labute approximate surface area is 109 Å². The van der Waals surface area contributed by atoms with Gasteiger partial charge in [0, 0.05) is 5.56 Å². The number of benzene rings is 1. The fourth-order valence-electron chi connectivity index (χ4n) is 1.78. The van der Waals surface area contributed by atoms with Gasteiger partial charge in [0.05, 0.1) is 12.5 Å². The molecule has 94 valence electrons. The lowest BCUT2D eigenvalue weighted by Gasteiger charge is -2.14. The highest BCUT2D eigenvalue weighted by molar-refractivity contribution is 7.07. The number of nitrogens with one attached hydrogen (secondary N) is 1. The zero-order valence-electron chi connectivity index (χ0n) is 10.0. The summed E-state index contributed by atoms with van der Waals surface area (Å²) >= 11 is 1.56. The number of carbonyl (C=O) groups excluding carboxylic acids is 1. The Hall–Kier alpha value is -1.68. The molecule has 1 heterocycles. The second-order valence-corrected chi connectivity index (χ2v) is 4.90. The summed E-state index contributed by atoms with van der Waals surface area (Å²) in [4.78, 5) is 11.8. The molecule has 4 heteroatoms. The average Bonchev–Trinajstić information content (AvgIpc) is 2.82. The van der Waals surface area contributed by atoms with E-state index in [4.69, 9.17) is 0 Å². The zero-order valence-corrected chi connectivity index (χ0v) is 10.8. The summed E-state index contributed by atoms with van der Waals surface area (Å²) in [6.07, 6.45) is 0.336. The lowest BCUT2D eigenvalue weighted by molar-refractivity contribution is -0.121. The second-order valence-electron chi connectivity index (χ2n) is 4.12. The number of carbonyl (C=O) groups is 1. The van der Waals surface area contributed by atoms with Crippen molar-refractivity contribution in [3.63, 3.8) is 0 Å². The molecule has 2 nitrogen and oxygen atoms in total. The summed E-state index contributed by atoms with van der Waals surface area (Å²) in [5.74, 6) is -0.384. The van der Waals surface area contributed by atoms with Gasteiger partial charge < -0.3 is 5.32 Å². The Morgan fingerprint density at radius 3 is 2.83 bits per heavy atom. The third kappa shape index (κ3) is 3.17. The SMILES string of the molecule is C[C@H](NC(=O)Cc1ccsc1)c1ccccc1F. The van der Waals surface area contributed by atoms with Gasteiger partial charge in [-0.25, -0.2) is 4.39 Å². The van der Waals surface area contributed by atoms with Crippen molar-refractivity contribution in [3.05, 3.63) is 58.0 Å². The largest absolute Gasteiger partial charge is 0.349 e. The van der Waals surface area contributed by atoms with Crippen molar-refractivity contribution in [3.8, 4) is 0 Å². The van der Waals surface area contributed by atoms with Gasteiger partial charge in [-0.05, 0) is 35.4 Å². The molecule has 0 aliphatic rings. The van der Waals surface area contributed by atoms with Crippen molar-refractivity contribution in [2.45, 2.75) is 19.4 Å². The highest BCUT2D eigenvalue weighted by atomic mass is 32.1. The number of hydrogen-bond donors (Lipinski definition) is 1. The molecule has 0 aliphatic heterocycles. The van der Waals surface area contributed by atoms with Crippen LogP contribution in [0.5, 0.6) is 0 Å². The molecular weight excluding hydrogens is 249 g/mol. The van der Waals surface area contributed by atoms with Crippen molar-refractivity contribution < 1.29 is 9.18 Å². The molecule has 0 saturated heterocycles. The predicted molar refractivity (Wildman–Crippen MR) is 71.0 cm³/mol. The van der Waals surface area contributed by atoms with Crippen LogP contribution >= 0.6 is 11.3 Å². The Bertz CT molecular complexity index is 524. The van der Waals surface area contributed by atoms with E-state index in [1.165, 1.54) is 6.07 Å². The molecule has 1 aromatic carbocycles. The average molecular weight is 263 g/mol. The molecule has 0 unspecified atom stereocenters. The van der Waals surface area contributed by atoms with E-state index in [1.54, 1.807) is 36.5 Å². The first kappa shape index (κ1) is 12.8. The molecular formula is C14H14FNOS. The van der Waals surface area contributed by atoms with E-state index in [0.717, 1.165) is 5.56 Å². The second kappa shape index (κ2) is 5.78. The van der Waals surface area contributed by atoms with Crippen LogP contribution < -0.4 is 5.32 Å². The molecule has 1 amide bonds. The van der Waals surface area contributed by atoms with Crippen molar-refractivity contribution in [2.24, 2.45) is 0 Å². The molecule has 1 N–H and O–H groups in total. The fraction of sp³-hybridized carbons (Fsp3) is 0.214. The maximum Gasteiger partial charge on any atom is 0.224 e. The van der Waals surface area contributed by atoms with Gasteiger partial charge >= 0.3 is 0 Å². The summed E-state index contributed by atoms with van der Waals surface area (Å²) < 4.78 is 13.5. The first-order valence-corrected chi connectivity index (χ1v) is 6.66. The monoisotopic (exact) mass is 263 g/mol. The van der Waals surface area contributed by atoms with Crippen LogP contribution in [-0.2, 0) is 11.2 Å². The van der Waals surface area contributed by atoms with Gasteiger partial charge in [-0.2, -0.15) is 11.3 Å². The number of halogens is 1. The number of rotatable bonds is 4. The normalized spacial score (nSPS) is 12.1. The first-order valence-electron chi connectivity index (χ1n) is 5.71. The minimum atomic E-state index is -0.322. The summed E-state index contributed by atoms with van der Waals surface area (Å²) in [5, 5.41) is 6.67. The van der Waals surface area contributed by atoms with Gasteiger partial charge in [0.25, 0.3) is 0 Å². The van der Waals surface area contributed by atoms with Gasteiger partial charge in [0.15, 0.2) is 0 Å². The zero-order chi connectivity index (χ0) is 13.0.